The van der Waals surface area contributed by atoms with Crippen LogP contribution in [-0.4, -0.2) is 11.6 Å². The Balaban J connectivity index is 3.58. The van der Waals surface area contributed by atoms with Crippen molar-refractivity contribution in [2.45, 2.75) is 46.6 Å². The van der Waals surface area contributed by atoms with Gasteiger partial charge in [-0.15, -0.1) is 0 Å². The molecule has 0 fully saturated rings. The first kappa shape index (κ1) is 11.4. The second kappa shape index (κ2) is 4.45. The van der Waals surface area contributed by atoms with Crippen molar-refractivity contribution in [2.75, 3.05) is 0 Å². The molecule has 0 heterocycles. The predicted octanol–water partition coefficient (Wildman–Crippen LogP) is 2.31. The maximum atomic E-state index is 11.0. The van der Waals surface area contributed by atoms with E-state index in [4.69, 9.17) is 4.89 Å². The Morgan fingerprint density at radius 1 is 1.33 bits per heavy atom. The van der Waals surface area contributed by atoms with Gasteiger partial charge in [-0.05, 0) is 26.7 Å². The summed E-state index contributed by atoms with van der Waals surface area (Å²) < 4.78 is 0. The summed E-state index contributed by atoms with van der Waals surface area (Å²) in [4.78, 5) is 20.4. The number of carbonyl (C=O) groups is 1. The molecule has 0 aromatic rings. The third-order valence-corrected chi connectivity index (χ3v) is 0.960. The monoisotopic (exact) mass is 174 g/mol. The standard InChI is InChI=1S/C9H18O3/c1-7(2)6-8(10)11-12-9(3,4)5/h7H,6H2,1-5H3. The predicted molar refractivity (Wildman–Crippen MR) is 46.4 cm³/mol. The van der Waals surface area contributed by atoms with Crippen LogP contribution in [0.1, 0.15) is 41.0 Å². The smallest absolute Gasteiger partial charge is 0.298 e. The molecule has 0 bridgehead atoms. The number of carbonyl (C=O) groups excluding carboxylic acids is 1. The van der Waals surface area contributed by atoms with Gasteiger partial charge in [0.2, 0.25) is 0 Å². The van der Waals surface area contributed by atoms with E-state index in [1.165, 1.54) is 0 Å². The van der Waals surface area contributed by atoms with Crippen LogP contribution in [-0.2, 0) is 14.6 Å². The zero-order valence-electron chi connectivity index (χ0n) is 8.51. The van der Waals surface area contributed by atoms with Gasteiger partial charge in [-0.1, -0.05) is 13.8 Å². The van der Waals surface area contributed by atoms with E-state index in [0.717, 1.165) is 0 Å². The summed E-state index contributed by atoms with van der Waals surface area (Å²) in [6.45, 7) is 9.40. The molecule has 0 radical (unpaired) electrons. The van der Waals surface area contributed by atoms with Gasteiger partial charge >= 0.3 is 5.97 Å². The minimum absolute atomic E-state index is 0.306. The van der Waals surface area contributed by atoms with E-state index in [1.54, 1.807) is 0 Å². The highest BCUT2D eigenvalue weighted by molar-refractivity contribution is 5.68. The summed E-state index contributed by atoms with van der Waals surface area (Å²) in [6, 6.07) is 0. The molecule has 0 amide bonds. The molecule has 72 valence electrons. The second-order valence-electron chi connectivity index (χ2n) is 4.25. The van der Waals surface area contributed by atoms with Crippen LogP contribution >= 0.6 is 0 Å². The van der Waals surface area contributed by atoms with E-state index in [0.29, 0.717) is 12.3 Å². The highest BCUT2D eigenvalue weighted by Gasteiger charge is 2.15. The van der Waals surface area contributed by atoms with Crippen LogP contribution in [0.2, 0.25) is 0 Å². The molecule has 0 unspecified atom stereocenters. The lowest BCUT2D eigenvalue weighted by molar-refractivity contribution is -0.320. The molecule has 0 aromatic carbocycles. The lowest BCUT2D eigenvalue weighted by Gasteiger charge is -2.16. The Morgan fingerprint density at radius 3 is 2.17 bits per heavy atom. The molecule has 0 aliphatic rings. The van der Waals surface area contributed by atoms with Crippen LogP contribution in [0.5, 0.6) is 0 Å². The first-order chi connectivity index (χ1) is 5.31. The number of rotatable bonds is 3. The fourth-order valence-electron chi connectivity index (χ4n) is 0.539. The fourth-order valence-corrected chi connectivity index (χ4v) is 0.539. The largest absolute Gasteiger partial charge is 0.342 e. The van der Waals surface area contributed by atoms with Crippen molar-refractivity contribution >= 4 is 5.97 Å². The van der Waals surface area contributed by atoms with Crippen LogP contribution in [0.25, 0.3) is 0 Å². The number of hydrogen-bond donors (Lipinski definition) is 0. The van der Waals surface area contributed by atoms with Crippen molar-refractivity contribution in [1.82, 2.24) is 0 Å². The van der Waals surface area contributed by atoms with E-state index in [1.807, 2.05) is 34.6 Å². The molecule has 0 N–H and O–H groups in total. The van der Waals surface area contributed by atoms with Gasteiger partial charge in [-0.3, -0.25) is 4.89 Å². The SMILES string of the molecule is CC(C)CC(=O)OOC(C)(C)C. The molecular weight excluding hydrogens is 156 g/mol. The lowest BCUT2D eigenvalue weighted by atomic mass is 10.1. The van der Waals surface area contributed by atoms with Crippen LogP contribution < -0.4 is 0 Å². The minimum atomic E-state index is -0.424. The minimum Gasteiger partial charge on any atom is -0.298 e. The molecule has 0 aromatic heterocycles. The van der Waals surface area contributed by atoms with Crippen LogP contribution in [0.4, 0.5) is 0 Å². The van der Waals surface area contributed by atoms with Gasteiger partial charge < -0.3 is 0 Å². The molecule has 3 heteroatoms. The third kappa shape index (κ3) is 7.54. The van der Waals surface area contributed by atoms with E-state index in [2.05, 4.69) is 4.89 Å². The van der Waals surface area contributed by atoms with Crippen molar-refractivity contribution in [3.8, 4) is 0 Å². The van der Waals surface area contributed by atoms with Crippen molar-refractivity contribution in [2.24, 2.45) is 5.92 Å². The maximum absolute atomic E-state index is 11.0. The molecule has 0 spiro atoms. The molecule has 0 saturated heterocycles. The van der Waals surface area contributed by atoms with Gasteiger partial charge in [0.05, 0.1) is 6.42 Å². The maximum Gasteiger partial charge on any atom is 0.342 e. The quantitative estimate of drug-likeness (QED) is 0.486. The highest BCUT2D eigenvalue weighted by Crippen LogP contribution is 2.09. The van der Waals surface area contributed by atoms with E-state index in [9.17, 15) is 4.79 Å². The van der Waals surface area contributed by atoms with Crippen LogP contribution in [0.3, 0.4) is 0 Å². The zero-order valence-corrected chi connectivity index (χ0v) is 8.51. The zero-order chi connectivity index (χ0) is 9.78. The average Bonchev–Trinajstić information content (AvgIpc) is 1.80. The molecule has 0 aliphatic heterocycles. The van der Waals surface area contributed by atoms with Gasteiger partial charge in [0.25, 0.3) is 0 Å². The summed E-state index contributed by atoms with van der Waals surface area (Å²) in [5.41, 5.74) is -0.424. The normalized spacial score (nSPS) is 11.8. The van der Waals surface area contributed by atoms with E-state index < -0.39 is 5.60 Å². The van der Waals surface area contributed by atoms with Gasteiger partial charge in [0.1, 0.15) is 5.60 Å². The van der Waals surface area contributed by atoms with Crippen molar-refractivity contribution in [1.29, 1.82) is 0 Å². The first-order valence-corrected chi connectivity index (χ1v) is 4.20. The van der Waals surface area contributed by atoms with Crippen LogP contribution in [0, 0.1) is 5.92 Å². The Hall–Kier alpha value is -0.570. The molecule has 0 saturated carbocycles. The van der Waals surface area contributed by atoms with E-state index in [-0.39, 0.29) is 5.97 Å². The molecule has 0 rings (SSSR count). The first-order valence-electron chi connectivity index (χ1n) is 4.20. The lowest BCUT2D eigenvalue weighted by Crippen LogP contribution is -2.22. The fraction of sp³-hybridized carbons (Fsp3) is 0.889. The van der Waals surface area contributed by atoms with Gasteiger partial charge in [0, 0.05) is 0 Å². The van der Waals surface area contributed by atoms with Gasteiger partial charge in [0.15, 0.2) is 0 Å². The second-order valence-corrected chi connectivity index (χ2v) is 4.25. The average molecular weight is 174 g/mol. The Labute approximate surface area is 74.0 Å². The van der Waals surface area contributed by atoms with Crippen molar-refractivity contribution < 1.29 is 14.6 Å². The summed E-state index contributed by atoms with van der Waals surface area (Å²) in [7, 11) is 0. The highest BCUT2D eigenvalue weighted by atomic mass is 17.2. The summed E-state index contributed by atoms with van der Waals surface area (Å²) in [5.74, 6) is 0.000920. The third-order valence-electron chi connectivity index (χ3n) is 0.960. The molecule has 3 nitrogen and oxygen atoms in total. The topological polar surface area (TPSA) is 35.5 Å². The Morgan fingerprint density at radius 2 is 1.83 bits per heavy atom. The Bertz CT molecular complexity index is 144. The summed E-state index contributed by atoms with van der Waals surface area (Å²) in [5, 5.41) is 0. The molecule has 0 aliphatic carbocycles. The van der Waals surface area contributed by atoms with E-state index >= 15 is 0 Å². The van der Waals surface area contributed by atoms with Gasteiger partial charge in [-0.2, -0.15) is 4.89 Å². The molecule has 0 atom stereocenters. The van der Waals surface area contributed by atoms with Gasteiger partial charge in [-0.25, -0.2) is 4.79 Å². The summed E-state index contributed by atoms with van der Waals surface area (Å²) >= 11 is 0. The molecule has 12 heavy (non-hydrogen) atoms. The van der Waals surface area contributed by atoms with Crippen molar-refractivity contribution in [3.05, 3.63) is 0 Å². The summed E-state index contributed by atoms with van der Waals surface area (Å²) in [6.07, 6.45) is 0.399. The van der Waals surface area contributed by atoms with Crippen molar-refractivity contribution in [3.63, 3.8) is 0 Å². The number of hydrogen-bond acceptors (Lipinski definition) is 3. The Kier molecular flexibility index (Phi) is 4.24. The van der Waals surface area contributed by atoms with Crippen LogP contribution in [0.15, 0.2) is 0 Å². The molecular formula is C9H18O3.